The number of ether oxygens (including phenoxy) is 2. The fraction of sp³-hybridized carbons (Fsp3) is 0.406. The molecule has 0 aromatic heterocycles. The van der Waals surface area contributed by atoms with Crippen molar-refractivity contribution in [3.05, 3.63) is 71.4 Å². The van der Waals surface area contributed by atoms with Crippen LogP contribution in [0.4, 0.5) is 0 Å². The predicted molar refractivity (Wildman–Crippen MR) is 164 cm³/mol. The van der Waals surface area contributed by atoms with Crippen molar-refractivity contribution < 1.29 is 28.7 Å². The molecule has 4 rings (SSSR count). The van der Waals surface area contributed by atoms with E-state index in [0.717, 1.165) is 0 Å². The van der Waals surface area contributed by atoms with E-state index in [2.05, 4.69) is 10.6 Å². The van der Waals surface area contributed by atoms with E-state index in [0.29, 0.717) is 35.7 Å². The molecule has 0 bridgehead atoms. The first-order valence-corrected chi connectivity index (χ1v) is 14.5. The second-order valence-corrected chi connectivity index (χ2v) is 11.3. The topological polar surface area (TPSA) is 167 Å². The van der Waals surface area contributed by atoms with Gasteiger partial charge in [-0.05, 0) is 55.5 Å². The number of allylic oxidation sites excluding steroid dienone is 1. The Morgan fingerprint density at radius 1 is 1.00 bits per heavy atom. The van der Waals surface area contributed by atoms with E-state index in [4.69, 9.17) is 20.6 Å². The third kappa shape index (κ3) is 7.36. The van der Waals surface area contributed by atoms with Crippen molar-refractivity contribution in [2.75, 3.05) is 46.9 Å². The smallest absolute Gasteiger partial charge is 0.269 e. The molecule has 2 aromatic carbocycles. The molecule has 44 heavy (non-hydrogen) atoms. The van der Waals surface area contributed by atoms with E-state index in [-0.39, 0.29) is 66.7 Å². The van der Waals surface area contributed by atoms with Gasteiger partial charge >= 0.3 is 0 Å². The molecule has 0 spiro atoms. The van der Waals surface area contributed by atoms with Crippen molar-refractivity contribution in [3.8, 4) is 11.5 Å². The normalized spacial score (nSPS) is 19.7. The minimum atomic E-state index is -0.683. The predicted octanol–water partition coefficient (Wildman–Crippen LogP) is 1.40. The quantitative estimate of drug-likeness (QED) is 0.235. The van der Waals surface area contributed by atoms with Crippen LogP contribution in [0.15, 0.2) is 60.3 Å². The highest BCUT2D eigenvalue weighted by atomic mass is 16.5. The number of nitrogens with two attached hydrogens (primary N) is 1. The summed E-state index contributed by atoms with van der Waals surface area (Å²) in [6.07, 6.45) is 1.24. The van der Waals surface area contributed by atoms with Crippen molar-refractivity contribution in [2.24, 2.45) is 23.5 Å². The van der Waals surface area contributed by atoms with Gasteiger partial charge in [-0.2, -0.15) is 0 Å². The first kappa shape index (κ1) is 32.1. The maximum atomic E-state index is 13.6. The molecule has 5 N–H and O–H groups in total. The van der Waals surface area contributed by atoms with E-state index >= 15 is 0 Å². The Balaban J connectivity index is 1.55. The molecule has 2 aliphatic heterocycles. The number of likely N-dealkylation sites (tertiary alicyclic amines) is 2. The van der Waals surface area contributed by atoms with Gasteiger partial charge in [0.15, 0.2) is 11.5 Å². The third-order valence-corrected chi connectivity index (χ3v) is 7.90. The average molecular weight is 605 g/mol. The van der Waals surface area contributed by atoms with Gasteiger partial charge in [0, 0.05) is 38.8 Å². The number of hydrogen-bond acceptors (Lipinski definition) is 8. The number of nitrogens with one attached hydrogen (secondary N) is 3. The summed E-state index contributed by atoms with van der Waals surface area (Å²) < 4.78 is 11.2. The first-order valence-electron chi connectivity index (χ1n) is 14.5. The van der Waals surface area contributed by atoms with Crippen molar-refractivity contribution >= 4 is 29.3 Å². The number of fused-ring (bicyclic) bond motifs is 1. The Labute approximate surface area is 257 Å². The zero-order valence-electron chi connectivity index (χ0n) is 25.5. The lowest BCUT2D eigenvalue weighted by Gasteiger charge is -2.39. The fourth-order valence-corrected chi connectivity index (χ4v) is 5.71. The maximum absolute atomic E-state index is 13.6. The molecule has 2 saturated heterocycles. The molecular weight excluding hydrogens is 564 g/mol. The van der Waals surface area contributed by atoms with Crippen LogP contribution in [0.3, 0.4) is 0 Å². The molecule has 4 amide bonds. The molecule has 0 saturated carbocycles. The number of likely N-dealkylation sites (N-methyl/N-ethyl adjacent to an activating group) is 1. The number of rotatable bonds is 10. The zero-order valence-corrected chi connectivity index (χ0v) is 25.5. The minimum absolute atomic E-state index is 0.0594. The van der Waals surface area contributed by atoms with Gasteiger partial charge in [0.1, 0.15) is 0 Å². The molecule has 234 valence electrons. The molecule has 3 unspecified atom stereocenters. The summed E-state index contributed by atoms with van der Waals surface area (Å²) in [6.45, 7) is 4.56. The maximum Gasteiger partial charge on any atom is 0.269 e. The number of hydrogen-bond donors (Lipinski definition) is 4. The highest BCUT2D eigenvalue weighted by Crippen LogP contribution is 2.37. The largest absolute Gasteiger partial charge is 0.493 e. The van der Waals surface area contributed by atoms with Crippen LogP contribution in [0.2, 0.25) is 0 Å². The molecule has 12 heteroatoms. The molecule has 0 radical (unpaired) electrons. The van der Waals surface area contributed by atoms with Gasteiger partial charge in [-0.3, -0.25) is 19.2 Å². The first-order chi connectivity index (χ1) is 21.0. The van der Waals surface area contributed by atoms with Gasteiger partial charge in [-0.1, -0.05) is 30.3 Å². The van der Waals surface area contributed by atoms with Crippen LogP contribution in [0.25, 0.3) is 0 Å². The molecule has 2 heterocycles. The third-order valence-electron chi connectivity index (χ3n) is 7.90. The van der Waals surface area contributed by atoms with Crippen molar-refractivity contribution in [1.29, 1.82) is 5.41 Å². The molecule has 0 aliphatic carbocycles. The number of carbonyl (C=O) groups excluding carboxylic acids is 4. The molecule has 2 aromatic rings. The van der Waals surface area contributed by atoms with Crippen LogP contribution >= 0.6 is 0 Å². The highest BCUT2D eigenvalue weighted by molar-refractivity contribution is 6.10. The number of methoxy groups -OCH3 is 1. The number of benzene rings is 2. The molecule has 2 fully saturated rings. The lowest BCUT2D eigenvalue weighted by Crippen LogP contribution is -2.54. The summed E-state index contributed by atoms with van der Waals surface area (Å²) in [5.74, 6) is -1.63. The van der Waals surface area contributed by atoms with Gasteiger partial charge in [0.2, 0.25) is 11.8 Å². The number of nitrogens with zero attached hydrogens (tertiary/aromatic N) is 2. The summed E-state index contributed by atoms with van der Waals surface area (Å²) >= 11 is 0. The second kappa shape index (κ2) is 14.1. The van der Waals surface area contributed by atoms with E-state index < -0.39 is 11.8 Å². The highest BCUT2D eigenvalue weighted by Gasteiger charge is 2.48. The second-order valence-electron chi connectivity index (χ2n) is 11.3. The summed E-state index contributed by atoms with van der Waals surface area (Å²) in [5, 5.41) is 13.5. The van der Waals surface area contributed by atoms with Gasteiger partial charge in [0.25, 0.3) is 11.8 Å². The monoisotopic (exact) mass is 604 g/mol. The average Bonchev–Trinajstić information content (AvgIpc) is 3.46. The van der Waals surface area contributed by atoms with Crippen molar-refractivity contribution in [3.63, 3.8) is 0 Å². The Kier molecular flexibility index (Phi) is 10.2. The lowest BCUT2D eigenvalue weighted by molar-refractivity contribution is -0.137. The van der Waals surface area contributed by atoms with E-state index in [1.54, 1.807) is 47.4 Å². The van der Waals surface area contributed by atoms with Crippen LogP contribution in [0.1, 0.15) is 29.8 Å². The van der Waals surface area contributed by atoms with Crippen molar-refractivity contribution in [1.82, 2.24) is 20.4 Å². The summed E-state index contributed by atoms with van der Waals surface area (Å²) in [4.78, 5) is 55.5. The van der Waals surface area contributed by atoms with E-state index in [9.17, 15) is 19.2 Å². The SMILES string of the molecule is CNC(=O)CNC(=O)C1CN(C(=O)/C(N)=C/C(=N)c2ccccc2)CC2CN(C(=O)c3ccc(OC(C)C)c(OC)c3)CC21. The number of amides is 4. The fourth-order valence-electron chi connectivity index (χ4n) is 5.71. The Morgan fingerprint density at radius 2 is 1.70 bits per heavy atom. The van der Waals surface area contributed by atoms with Crippen LogP contribution in [0, 0.1) is 23.2 Å². The van der Waals surface area contributed by atoms with Crippen LogP contribution in [-0.4, -0.2) is 92.1 Å². The van der Waals surface area contributed by atoms with Crippen molar-refractivity contribution in [2.45, 2.75) is 20.0 Å². The Morgan fingerprint density at radius 3 is 2.36 bits per heavy atom. The zero-order chi connectivity index (χ0) is 32.0. The van der Waals surface area contributed by atoms with Crippen LogP contribution in [0.5, 0.6) is 11.5 Å². The standard InChI is InChI=1S/C32H40N6O6/c1-19(2)44-27-11-10-21(12-28(27)43-4)31(41)37-15-22-16-38(18-24(23(22)17-37)30(40)36-14-29(39)35-3)32(42)26(34)13-25(33)20-8-6-5-7-9-20/h5-13,19,22-24,33H,14-18,34H2,1-4H3,(H,35,39)(H,36,40)/b26-13-,33-25?. The summed E-state index contributed by atoms with van der Waals surface area (Å²) in [6, 6.07) is 13.9. The number of piperidine rings is 1. The lowest BCUT2D eigenvalue weighted by atomic mass is 9.79. The summed E-state index contributed by atoms with van der Waals surface area (Å²) in [7, 11) is 2.99. The Hall–Kier alpha value is -4.87. The van der Waals surface area contributed by atoms with Crippen LogP contribution in [-0.2, 0) is 14.4 Å². The van der Waals surface area contributed by atoms with Gasteiger partial charge in [0.05, 0.1) is 37.1 Å². The number of carbonyl (C=O) groups is 4. The van der Waals surface area contributed by atoms with Crippen LogP contribution < -0.4 is 25.8 Å². The van der Waals surface area contributed by atoms with Gasteiger partial charge < -0.3 is 41.1 Å². The van der Waals surface area contributed by atoms with Gasteiger partial charge in [-0.15, -0.1) is 0 Å². The molecular formula is C32H40N6O6. The molecule has 3 atom stereocenters. The van der Waals surface area contributed by atoms with Gasteiger partial charge in [-0.25, -0.2) is 0 Å². The summed E-state index contributed by atoms with van der Waals surface area (Å²) in [5.41, 5.74) is 7.16. The molecule has 12 nitrogen and oxygen atoms in total. The Bertz CT molecular complexity index is 1440. The van der Waals surface area contributed by atoms with E-state index in [1.165, 1.54) is 25.1 Å². The minimum Gasteiger partial charge on any atom is -0.493 e. The molecule has 2 aliphatic rings. The van der Waals surface area contributed by atoms with E-state index in [1.807, 2.05) is 19.9 Å².